The zero-order valence-electron chi connectivity index (χ0n) is 11.0. The van der Waals surface area contributed by atoms with Crippen molar-refractivity contribution >= 4 is 5.91 Å². The SMILES string of the molecule is CCC(NC(=O)C1(CN)CCC1)c1ccccc1. The molecule has 1 fully saturated rings. The summed E-state index contributed by atoms with van der Waals surface area (Å²) in [6.45, 7) is 2.55. The molecule has 3 heteroatoms. The van der Waals surface area contributed by atoms with Crippen LogP contribution in [0.3, 0.4) is 0 Å². The number of nitrogens with one attached hydrogen (secondary N) is 1. The van der Waals surface area contributed by atoms with E-state index in [9.17, 15) is 4.79 Å². The maximum absolute atomic E-state index is 12.3. The molecular formula is C15H22N2O. The predicted octanol–water partition coefficient (Wildman–Crippen LogP) is 2.38. The van der Waals surface area contributed by atoms with Gasteiger partial charge in [0.05, 0.1) is 11.5 Å². The van der Waals surface area contributed by atoms with E-state index < -0.39 is 0 Å². The summed E-state index contributed by atoms with van der Waals surface area (Å²) >= 11 is 0. The first-order valence-electron chi connectivity index (χ1n) is 6.78. The quantitative estimate of drug-likeness (QED) is 0.838. The molecule has 1 aliphatic carbocycles. The van der Waals surface area contributed by atoms with Crippen molar-refractivity contribution in [2.75, 3.05) is 6.54 Å². The van der Waals surface area contributed by atoms with Crippen LogP contribution in [0.4, 0.5) is 0 Å². The van der Waals surface area contributed by atoms with Crippen LogP contribution in [0.1, 0.15) is 44.2 Å². The molecule has 1 saturated carbocycles. The number of hydrogen-bond acceptors (Lipinski definition) is 2. The molecule has 3 nitrogen and oxygen atoms in total. The van der Waals surface area contributed by atoms with Gasteiger partial charge in [0.15, 0.2) is 0 Å². The Labute approximate surface area is 109 Å². The van der Waals surface area contributed by atoms with E-state index in [4.69, 9.17) is 5.73 Å². The lowest BCUT2D eigenvalue weighted by Crippen LogP contribution is -2.51. The van der Waals surface area contributed by atoms with E-state index in [-0.39, 0.29) is 17.4 Å². The lowest BCUT2D eigenvalue weighted by atomic mass is 9.68. The van der Waals surface area contributed by atoms with Crippen molar-refractivity contribution in [3.05, 3.63) is 35.9 Å². The van der Waals surface area contributed by atoms with Gasteiger partial charge in [0, 0.05) is 6.54 Å². The second-order valence-electron chi connectivity index (χ2n) is 5.18. The molecule has 0 spiro atoms. The molecule has 2 rings (SSSR count). The molecule has 98 valence electrons. The summed E-state index contributed by atoms with van der Waals surface area (Å²) in [5.41, 5.74) is 6.64. The fourth-order valence-electron chi connectivity index (χ4n) is 2.55. The summed E-state index contributed by atoms with van der Waals surface area (Å²) in [7, 11) is 0. The van der Waals surface area contributed by atoms with Crippen molar-refractivity contribution in [3.8, 4) is 0 Å². The van der Waals surface area contributed by atoms with Gasteiger partial charge in [-0.1, -0.05) is 43.7 Å². The Morgan fingerprint density at radius 2 is 2.06 bits per heavy atom. The number of amides is 1. The summed E-state index contributed by atoms with van der Waals surface area (Å²) in [6, 6.07) is 10.2. The van der Waals surface area contributed by atoms with Gasteiger partial charge >= 0.3 is 0 Å². The van der Waals surface area contributed by atoms with Crippen LogP contribution in [0.15, 0.2) is 30.3 Å². The minimum absolute atomic E-state index is 0.0997. The molecule has 0 aromatic heterocycles. The third kappa shape index (κ3) is 2.41. The molecule has 1 aromatic rings. The number of carbonyl (C=O) groups is 1. The van der Waals surface area contributed by atoms with Crippen molar-refractivity contribution in [3.63, 3.8) is 0 Å². The molecule has 0 heterocycles. The first-order chi connectivity index (χ1) is 8.72. The van der Waals surface area contributed by atoms with Crippen LogP contribution in [0.2, 0.25) is 0 Å². The van der Waals surface area contributed by atoms with Gasteiger partial charge in [0.1, 0.15) is 0 Å². The van der Waals surface area contributed by atoms with Crippen LogP contribution < -0.4 is 11.1 Å². The molecule has 3 N–H and O–H groups in total. The highest BCUT2D eigenvalue weighted by Gasteiger charge is 2.43. The van der Waals surface area contributed by atoms with E-state index >= 15 is 0 Å². The molecule has 0 saturated heterocycles. The highest BCUT2D eigenvalue weighted by molar-refractivity contribution is 5.84. The van der Waals surface area contributed by atoms with Gasteiger partial charge in [0.25, 0.3) is 0 Å². The van der Waals surface area contributed by atoms with Crippen molar-refractivity contribution in [2.24, 2.45) is 11.1 Å². The van der Waals surface area contributed by atoms with Gasteiger partial charge in [-0.2, -0.15) is 0 Å². The fourth-order valence-corrected chi connectivity index (χ4v) is 2.55. The average molecular weight is 246 g/mol. The Balaban J connectivity index is 2.05. The van der Waals surface area contributed by atoms with Gasteiger partial charge in [-0.25, -0.2) is 0 Å². The number of nitrogens with two attached hydrogens (primary N) is 1. The van der Waals surface area contributed by atoms with E-state index in [1.165, 1.54) is 5.56 Å². The molecule has 1 unspecified atom stereocenters. The lowest BCUT2D eigenvalue weighted by molar-refractivity contribution is -0.136. The highest BCUT2D eigenvalue weighted by atomic mass is 16.2. The fraction of sp³-hybridized carbons (Fsp3) is 0.533. The van der Waals surface area contributed by atoms with Gasteiger partial charge in [-0.15, -0.1) is 0 Å². The first kappa shape index (κ1) is 13.1. The number of benzene rings is 1. The van der Waals surface area contributed by atoms with E-state index in [0.717, 1.165) is 25.7 Å². The molecule has 1 aliphatic rings. The van der Waals surface area contributed by atoms with Crippen molar-refractivity contribution in [1.82, 2.24) is 5.32 Å². The predicted molar refractivity (Wildman–Crippen MR) is 73.0 cm³/mol. The van der Waals surface area contributed by atoms with E-state index in [2.05, 4.69) is 24.4 Å². The van der Waals surface area contributed by atoms with Crippen molar-refractivity contribution in [1.29, 1.82) is 0 Å². The van der Waals surface area contributed by atoms with Crippen molar-refractivity contribution in [2.45, 2.75) is 38.6 Å². The Morgan fingerprint density at radius 1 is 1.39 bits per heavy atom. The number of rotatable bonds is 5. The van der Waals surface area contributed by atoms with E-state index in [1.54, 1.807) is 0 Å². The number of hydrogen-bond donors (Lipinski definition) is 2. The molecule has 1 aromatic carbocycles. The van der Waals surface area contributed by atoms with Gasteiger partial charge in [-0.05, 0) is 24.8 Å². The third-order valence-corrected chi connectivity index (χ3v) is 4.10. The molecule has 0 bridgehead atoms. The van der Waals surface area contributed by atoms with E-state index in [0.29, 0.717) is 6.54 Å². The van der Waals surface area contributed by atoms with Crippen molar-refractivity contribution < 1.29 is 4.79 Å². The van der Waals surface area contributed by atoms with Crippen LogP contribution in [-0.2, 0) is 4.79 Å². The number of carbonyl (C=O) groups excluding carboxylic acids is 1. The van der Waals surface area contributed by atoms with Gasteiger partial charge in [-0.3, -0.25) is 4.79 Å². The Morgan fingerprint density at radius 3 is 2.50 bits per heavy atom. The Hall–Kier alpha value is -1.35. The molecule has 1 atom stereocenters. The summed E-state index contributed by atoms with van der Waals surface area (Å²) in [4.78, 5) is 12.3. The monoisotopic (exact) mass is 246 g/mol. The second kappa shape index (κ2) is 5.53. The minimum atomic E-state index is -0.289. The third-order valence-electron chi connectivity index (χ3n) is 4.10. The average Bonchev–Trinajstić information content (AvgIpc) is 2.36. The van der Waals surface area contributed by atoms with Crippen LogP contribution in [0.5, 0.6) is 0 Å². The summed E-state index contributed by atoms with van der Waals surface area (Å²) in [5, 5.41) is 3.16. The van der Waals surface area contributed by atoms with Crippen LogP contribution in [-0.4, -0.2) is 12.5 Å². The van der Waals surface area contributed by atoms with Crippen LogP contribution in [0.25, 0.3) is 0 Å². The zero-order chi connectivity index (χ0) is 13.0. The first-order valence-corrected chi connectivity index (χ1v) is 6.78. The Bertz CT molecular complexity index is 393. The standard InChI is InChI=1S/C15H22N2O/c1-2-13(12-7-4-3-5-8-12)17-14(18)15(11-16)9-6-10-15/h3-5,7-8,13H,2,6,9-11,16H2,1H3,(H,17,18). The summed E-state index contributed by atoms with van der Waals surface area (Å²) in [5.74, 6) is 0.131. The second-order valence-corrected chi connectivity index (χ2v) is 5.18. The molecule has 1 amide bonds. The molecule has 0 radical (unpaired) electrons. The van der Waals surface area contributed by atoms with Gasteiger partial charge in [0.2, 0.25) is 5.91 Å². The smallest absolute Gasteiger partial charge is 0.227 e. The maximum atomic E-state index is 12.3. The Kier molecular flexibility index (Phi) is 4.02. The summed E-state index contributed by atoms with van der Waals surface area (Å²) in [6.07, 6.45) is 3.88. The largest absolute Gasteiger partial charge is 0.349 e. The molecule has 18 heavy (non-hydrogen) atoms. The normalized spacial score (nSPS) is 18.8. The zero-order valence-corrected chi connectivity index (χ0v) is 11.0. The van der Waals surface area contributed by atoms with E-state index in [1.807, 2.05) is 18.2 Å². The topological polar surface area (TPSA) is 55.1 Å². The maximum Gasteiger partial charge on any atom is 0.227 e. The van der Waals surface area contributed by atoms with Crippen LogP contribution >= 0.6 is 0 Å². The molecular weight excluding hydrogens is 224 g/mol. The molecule has 0 aliphatic heterocycles. The highest BCUT2D eigenvalue weighted by Crippen LogP contribution is 2.40. The lowest BCUT2D eigenvalue weighted by Gasteiger charge is -2.40. The van der Waals surface area contributed by atoms with Gasteiger partial charge < -0.3 is 11.1 Å². The van der Waals surface area contributed by atoms with Crippen LogP contribution in [0, 0.1) is 5.41 Å². The minimum Gasteiger partial charge on any atom is -0.349 e. The summed E-state index contributed by atoms with van der Waals surface area (Å²) < 4.78 is 0.